The van der Waals surface area contributed by atoms with Gasteiger partial charge in [0.1, 0.15) is 5.82 Å². The van der Waals surface area contributed by atoms with Gasteiger partial charge in [-0.05, 0) is 49.9 Å². The fraction of sp³-hybridized carbons (Fsp3) is 0.375. The van der Waals surface area contributed by atoms with E-state index in [4.69, 9.17) is 9.97 Å². The van der Waals surface area contributed by atoms with Gasteiger partial charge < -0.3 is 10.0 Å². The number of aliphatic hydroxyl groups is 1. The number of imidazole rings is 1. The van der Waals surface area contributed by atoms with Crippen LogP contribution in [0.1, 0.15) is 37.5 Å². The van der Waals surface area contributed by atoms with Crippen LogP contribution in [-0.4, -0.2) is 43.4 Å². The Morgan fingerprint density at radius 3 is 2.39 bits per heavy atom. The predicted octanol–water partition coefficient (Wildman–Crippen LogP) is 3.09. The number of fused-ring (bicyclic) bond motifs is 2. The molecule has 2 aromatic heterocycles. The molecule has 2 aliphatic rings. The van der Waals surface area contributed by atoms with Crippen molar-refractivity contribution in [2.75, 3.05) is 18.0 Å². The maximum Gasteiger partial charge on any atom is 0.329 e. The number of nitrogens with zero attached hydrogens (tertiary/aromatic N) is 5. The molecule has 3 heterocycles. The van der Waals surface area contributed by atoms with Crippen molar-refractivity contribution < 1.29 is 5.11 Å². The number of piperidine rings is 1. The first-order valence-corrected chi connectivity index (χ1v) is 11.1. The molecule has 0 spiro atoms. The lowest BCUT2D eigenvalue weighted by Crippen LogP contribution is -2.36. The number of para-hydroxylation sites is 3. The molecule has 158 valence electrons. The van der Waals surface area contributed by atoms with Crippen molar-refractivity contribution in [3.63, 3.8) is 0 Å². The van der Waals surface area contributed by atoms with E-state index in [1.54, 1.807) is 0 Å². The Balaban J connectivity index is 1.46. The SMILES string of the molecule is O=c1n(Cc2nc(N3CCC(O)CC3)c3ccccc3n2)c2ccccc2n1C1CC1. The molecule has 1 saturated carbocycles. The lowest BCUT2D eigenvalue weighted by atomic mass is 10.1. The van der Waals surface area contributed by atoms with Crippen LogP contribution in [0.2, 0.25) is 0 Å². The van der Waals surface area contributed by atoms with Gasteiger partial charge in [-0.3, -0.25) is 9.13 Å². The van der Waals surface area contributed by atoms with Gasteiger partial charge in [-0.25, -0.2) is 14.8 Å². The molecule has 0 bridgehead atoms. The van der Waals surface area contributed by atoms with E-state index < -0.39 is 0 Å². The number of hydrogen-bond acceptors (Lipinski definition) is 5. The third kappa shape index (κ3) is 3.20. The molecular weight excluding hydrogens is 390 g/mol. The van der Waals surface area contributed by atoms with Crippen LogP contribution in [-0.2, 0) is 6.54 Å². The molecule has 0 amide bonds. The maximum absolute atomic E-state index is 13.3. The average Bonchev–Trinajstić information content (AvgIpc) is 3.59. The van der Waals surface area contributed by atoms with E-state index in [9.17, 15) is 9.90 Å². The third-order valence-electron chi connectivity index (χ3n) is 6.47. The summed E-state index contributed by atoms with van der Waals surface area (Å²) in [6.07, 6.45) is 3.36. The summed E-state index contributed by atoms with van der Waals surface area (Å²) < 4.78 is 3.74. The molecule has 0 atom stereocenters. The molecule has 7 nitrogen and oxygen atoms in total. The lowest BCUT2D eigenvalue weighted by molar-refractivity contribution is 0.145. The van der Waals surface area contributed by atoms with Crippen LogP contribution in [0.3, 0.4) is 0 Å². The number of rotatable bonds is 4. The highest BCUT2D eigenvalue weighted by Gasteiger charge is 2.29. The average molecular weight is 415 g/mol. The second-order valence-corrected chi connectivity index (χ2v) is 8.66. The Labute approximate surface area is 179 Å². The predicted molar refractivity (Wildman–Crippen MR) is 121 cm³/mol. The first-order valence-electron chi connectivity index (χ1n) is 11.1. The molecule has 0 unspecified atom stereocenters. The standard InChI is InChI=1S/C24H25N5O2/c30-17-11-13-27(14-12-17)23-18-5-1-2-6-19(18)25-22(26-23)15-28-20-7-3-4-8-21(20)29(24(28)31)16-9-10-16/h1-8,16-17,30H,9-15H2. The highest BCUT2D eigenvalue weighted by Crippen LogP contribution is 2.36. The largest absolute Gasteiger partial charge is 0.393 e. The molecule has 1 aliphatic carbocycles. The van der Waals surface area contributed by atoms with Crippen LogP contribution in [0.5, 0.6) is 0 Å². The van der Waals surface area contributed by atoms with Crippen LogP contribution in [0.15, 0.2) is 53.3 Å². The smallest absolute Gasteiger partial charge is 0.329 e. The first kappa shape index (κ1) is 18.6. The van der Waals surface area contributed by atoms with E-state index in [1.165, 1.54) is 0 Å². The van der Waals surface area contributed by atoms with Crippen molar-refractivity contribution in [1.29, 1.82) is 0 Å². The molecule has 6 rings (SSSR count). The highest BCUT2D eigenvalue weighted by molar-refractivity contribution is 5.89. The Kier molecular flexibility index (Phi) is 4.31. The zero-order valence-corrected chi connectivity index (χ0v) is 17.3. The number of aromatic nitrogens is 4. The quantitative estimate of drug-likeness (QED) is 0.554. The van der Waals surface area contributed by atoms with E-state index in [1.807, 2.05) is 57.7 Å². The monoisotopic (exact) mass is 415 g/mol. The van der Waals surface area contributed by atoms with Crippen molar-refractivity contribution >= 4 is 27.8 Å². The van der Waals surface area contributed by atoms with Crippen LogP contribution in [0.4, 0.5) is 5.82 Å². The molecule has 2 aromatic carbocycles. The van der Waals surface area contributed by atoms with Gasteiger partial charge in [0.2, 0.25) is 0 Å². The van der Waals surface area contributed by atoms with E-state index in [2.05, 4.69) is 4.90 Å². The summed E-state index contributed by atoms with van der Waals surface area (Å²) in [5.41, 5.74) is 2.82. The Hall–Kier alpha value is -3.19. The normalized spacial score (nSPS) is 17.6. The second-order valence-electron chi connectivity index (χ2n) is 8.66. The summed E-state index contributed by atoms with van der Waals surface area (Å²) in [6, 6.07) is 16.3. The number of hydrogen-bond donors (Lipinski definition) is 1. The Morgan fingerprint density at radius 2 is 1.61 bits per heavy atom. The van der Waals surface area contributed by atoms with Gasteiger partial charge >= 0.3 is 5.69 Å². The summed E-state index contributed by atoms with van der Waals surface area (Å²) in [5.74, 6) is 1.53. The minimum absolute atomic E-state index is 0.0168. The van der Waals surface area contributed by atoms with E-state index in [-0.39, 0.29) is 11.8 Å². The summed E-state index contributed by atoms with van der Waals surface area (Å²) >= 11 is 0. The van der Waals surface area contributed by atoms with Crippen LogP contribution >= 0.6 is 0 Å². The summed E-state index contributed by atoms with van der Waals surface area (Å²) in [6.45, 7) is 1.87. The van der Waals surface area contributed by atoms with Gasteiger partial charge in [-0.1, -0.05) is 24.3 Å². The first-order chi connectivity index (χ1) is 15.2. The molecule has 2 fully saturated rings. The fourth-order valence-electron chi connectivity index (χ4n) is 4.71. The van der Waals surface area contributed by atoms with Crippen molar-refractivity contribution in [1.82, 2.24) is 19.1 Å². The number of anilines is 1. The van der Waals surface area contributed by atoms with Gasteiger partial charge in [-0.2, -0.15) is 0 Å². The van der Waals surface area contributed by atoms with E-state index in [0.717, 1.165) is 66.5 Å². The second kappa shape index (κ2) is 7.20. The minimum Gasteiger partial charge on any atom is -0.393 e. The van der Waals surface area contributed by atoms with Gasteiger partial charge in [-0.15, -0.1) is 0 Å². The molecule has 1 N–H and O–H groups in total. The van der Waals surface area contributed by atoms with Crippen molar-refractivity contribution in [3.8, 4) is 0 Å². The zero-order chi connectivity index (χ0) is 20.9. The molecular formula is C24H25N5O2. The minimum atomic E-state index is -0.240. The van der Waals surface area contributed by atoms with Crippen molar-refractivity contribution in [2.24, 2.45) is 0 Å². The summed E-state index contributed by atoms with van der Waals surface area (Å²) in [5, 5.41) is 10.9. The molecule has 4 aromatic rings. The van der Waals surface area contributed by atoms with E-state index >= 15 is 0 Å². The van der Waals surface area contributed by atoms with Crippen molar-refractivity contribution in [3.05, 3.63) is 64.8 Å². The lowest BCUT2D eigenvalue weighted by Gasteiger charge is -2.31. The molecule has 31 heavy (non-hydrogen) atoms. The fourth-order valence-corrected chi connectivity index (χ4v) is 4.71. The molecule has 1 saturated heterocycles. The third-order valence-corrected chi connectivity index (χ3v) is 6.47. The van der Waals surface area contributed by atoms with E-state index in [0.29, 0.717) is 18.4 Å². The molecule has 1 aliphatic heterocycles. The zero-order valence-electron chi connectivity index (χ0n) is 17.3. The Morgan fingerprint density at radius 1 is 0.903 bits per heavy atom. The topological polar surface area (TPSA) is 76.2 Å². The number of benzene rings is 2. The summed E-state index contributed by atoms with van der Waals surface area (Å²) in [4.78, 5) is 25.3. The van der Waals surface area contributed by atoms with Gasteiger partial charge in [0.25, 0.3) is 0 Å². The van der Waals surface area contributed by atoms with Crippen molar-refractivity contribution in [2.45, 2.75) is 44.4 Å². The van der Waals surface area contributed by atoms with Crippen LogP contribution in [0, 0.1) is 0 Å². The number of aliphatic hydroxyl groups excluding tert-OH is 1. The van der Waals surface area contributed by atoms with Gasteiger partial charge in [0.05, 0.1) is 29.2 Å². The molecule has 7 heteroatoms. The van der Waals surface area contributed by atoms with Crippen LogP contribution < -0.4 is 10.6 Å². The Bertz CT molecular complexity index is 1330. The van der Waals surface area contributed by atoms with Crippen LogP contribution in [0.25, 0.3) is 21.9 Å². The summed E-state index contributed by atoms with van der Waals surface area (Å²) in [7, 11) is 0. The highest BCUT2D eigenvalue weighted by atomic mass is 16.3. The van der Waals surface area contributed by atoms with Gasteiger partial charge in [0, 0.05) is 24.5 Å². The van der Waals surface area contributed by atoms with Gasteiger partial charge in [0.15, 0.2) is 5.82 Å². The molecule has 0 radical (unpaired) electrons. The maximum atomic E-state index is 13.3.